The Morgan fingerprint density at radius 1 is 1.08 bits per heavy atom. The van der Waals surface area contributed by atoms with Crippen LogP contribution in [0.4, 0.5) is 10.1 Å². The first-order chi connectivity index (χ1) is 12.2. The van der Waals surface area contributed by atoms with Crippen molar-refractivity contribution < 1.29 is 9.13 Å². The summed E-state index contributed by atoms with van der Waals surface area (Å²) in [5.74, 6) is 0.347. The highest BCUT2D eigenvalue weighted by molar-refractivity contribution is 6.30. The molecule has 4 nitrogen and oxygen atoms in total. The van der Waals surface area contributed by atoms with Crippen molar-refractivity contribution in [2.24, 2.45) is 0 Å². The number of ether oxygens (including phenoxy) is 1. The van der Waals surface area contributed by atoms with E-state index in [0.29, 0.717) is 17.3 Å². The fourth-order valence-electron chi connectivity index (χ4n) is 2.92. The third kappa shape index (κ3) is 4.41. The molecule has 1 heterocycles. The normalized spacial score (nSPS) is 15.0. The van der Waals surface area contributed by atoms with Gasteiger partial charge in [0.05, 0.1) is 5.69 Å². The van der Waals surface area contributed by atoms with E-state index in [1.807, 2.05) is 18.2 Å². The first kappa shape index (κ1) is 17.5. The highest BCUT2D eigenvalue weighted by Gasteiger charge is 2.20. The smallest absolute Gasteiger partial charge is 0.143 e. The van der Waals surface area contributed by atoms with Crippen LogP contribution >= 0.6 is 11.6 Å². The van der Waals surface area contributed by atoms with Crippen LogP contribution in [0.25, 0.3) is 0 Å². The van der Waals surface area contributed by atoms with E-state index in [-0.39, 0.29) is 5.56 Å². The molecule has 0 aromatic heterocycles. The highest BCUT2D eigenvalue weighted by Crippen LogP contribution is 2.23. The molecule has 6 heteroatoms. The van der Waals surface area contributed by atoms with Gasteiger partial charge < -0.3 is 9.64 Å². The maximum Gasteiger partial charge on any atom is 0.143 e. The Bertz CT molecular complexity index is 752. The molecule has 1 aliphatic heterocycles. The first-order valence-electron chi connectivity index (χ1n) is 8.21. The van der Waals surface area contributed by atoms with Crippen LogP contribution in [0.2, 0.25) is 5.02 Å². The van der Waals surface area contributed by atoms with Crippen LogP contribution in [0.5, 0.6) is 5.75 Å². The van der Waals surface area contributed by atoms with Gasteiger partial charge in [-0.25, -0.2) is 4.39 Å². The van der Waals surface area contributed by atoms with E-state index < -0.39 is 5.82 Å². The summed E-state index contributed by atoms with van der Waals surface area (Å²) in [4.78, 5) is 4.37. The molecule has 1 fully saturated rings. The minimum Gasteiger partial charge on any atom is -0.492 e. The fourth-order valence-corrected chi connectivity index (χ4v) is 3.05. The predicted octanol–water partition coefficient (Wildman–Crippen LogP) is 3.55. The predicted molar refractivity (Wildman–Crippen MR) is 96.7 cm³/mol. The van der Waals surface area contributed by atoms with Gasteiger partial charge in [-0.05, 0) is 36.4 Å². The third-order valence-corrected chi connectivity index (χ3v) is 4.56. The standard InChI is InChI=1S/C19H19ClFN3O/c20-15-4-6-16(7-5-15)25-13-12-23-8-10-24(11-9-23)19-3-1-2-18(21)17(19)14-22/h1-7H,8-13H2. The summed E-state index contributed by atoms with van der Waals surface area (Å²) in [6, 6.07) is 14.1. The summed E-state index contributed by atoms with van der Waals surface area (Å²) >= 11 is 5.85. The van der Waals surface area contributed by atoms with Crippen LogP contribution in [-0.2, 0) is 0 Å². The summed E-state index contributed by atoms with van der Waals surface area (Å²) in [5.41, 5.74) is 0.807. The minimum atomic E-state index is -0.459. The van der Waals surface area contributed by atoms with Crippen LogP contribution in [0, 0.1) is 17.1 Å². The Labute approximate surface area is 152 Å². The van der Waals surface area contributed by atoms with E-state index >= 15 is 0 Å². The second-order valence-corrected chi connectivity index (χ2v) is 6.31. The molecule has 0 bridgehead atoms. The lowest BCUT2D eigenvalue weighted by atomic mass is 10.1. The number of nitriles is 1. The van der Waals surface area contributed by atoms with Crippen LogP contribution in [-0.4, -0.2) is 44.2 Å². The van der Waals surface area contributed by atoms with Crippen LogP contribution in [0.1, 0.15) is 5.56 Å². The quantitative estimate of drug-likeness (QED) is 0.818. The first-order valence-corrected chi connectivity index (χ1v) is 8.59. The number of piperazine rings is 1. The van der Waals surface area contributed by atoms with Crippen molar-refractivity contribution in [1.82, 2.24) is 4.90 Å². The zero-order chi connectivity index (χ0) is 17.6. The van der Waals surface area contributed by atoms with Crippen molar-refractivity contribution >= 4 is 17.3 Å². The molecule has 2 aromatic rings. The molecule has 0 spiro atoms. The number of benzene rings is 2. The topological polar surface area (TPSA) is 39.5 Å². The Morgan fingerprint density at radius 2 is 1.80 bits per heavy atom. The molecule has 0 aliphatic carbocycles. The molecule has 130 valence electrons. The number of halogens is 2. The van der Waals surface area contributed by atoms with E-state index in [1.54, 1.807) is 24.3 Å². The number of hydrogen-bond acceptors (Lipinski definition) is 4. The van der Waals surface area contributed by atoms with E-state index in [2.05, 4.69) is 9.80 Å². The summed E-state index contributed by atoms with van der Waals surface area (Å²) in [7, 11) is 0. The van der Waals surface area contributed by atoms with E-state index in [4.69, 9.17) is 16.3 Å². The molecule has 25 heavy (non-hydrogen) atoms. The monoisotopic (exact) mass is 359 g/mol. The zero-order valence-corrected chi connectivity index (χ0v) is 14.5. The number of rotatable bonds is 5. The summed E-state index contributed by atoms with van der Waals surface area (Å²) in [6.07, 6.45) is 0. The second kappa shape index (κ2) is 8.19. The van der Waals surface area contributed by atoms with Crippen molar-refractivity contribution in [3.8, 4) is 11.8 Å². The Kier molecular flexibility index (Phi) is 5.75. The molecule has 2 aromatic carbocycles. The Morgan fingerprint density at radius 3 is 2.48 bits per heavy atom. The van der Waals surface area contributed by atoms with Gasteiger partial charge in [-0.1, -0.05) is 17.7 Å². The molecule has 0 saturated carbocycles. The summed E-state index contributed by atoms with van der Waals surface area (Å²) in [5, 5.41) is 9.86. The average molecular weight is 360 g/mol. The molecule has 0 unspecified atom stereocenters. The van der Waals surface area contributed by atoms with Gasteiger partial charge in [0.1, 0.15) is 29.8 Å². The van der Waals surface area contributed by atoms with E-state index in [0.717, 1.165) is 38.5 Å². The Balaban J connectivity index is 1.48. The third-order valence-electron chi connectivity index (χ3n) is 4.31. The molecule has 0 N–H and O–H groups in total. The van der Waals surface area contributed by atoms with Gasteiger partial charge >= 0.3 is 0 Å². The van der Waals surface area contributed by atoms with Gasteiger partial charge in [0.15, 0.2) is 0 Å². The summed E-state index contributed by atoms with van der Waals surface area (Å²) in [6.45, 7) is 4.66. The Hall–Kier alpha value is -2.29. The lowest BCUT2D eigenvalue weighted by molar-refractivity contribution is 0.200. The van der Waals surface area contributed by atoms with Crippen molar-refractivity contribution in [3.05, 3.63) is 58.9 Å². The van der Waals surface area contributed by atoms with E-state index in [1.165, 1.54) is 6.07 Å². The van der Waals surface area contributed by atoms with Gasteiger partial charge in [-0.3, -0.25) is 4.90 Å². The van der Waals surface area contributed by atoms with Crippen molar-refractivity contribution in [2.75, 3.05) is 44.2 Å². The highest BCUT2D eigenvalue weighted by atomic mass is 35.5. The van der Waals surface area contributed by atoms with Gasteiger partial charge in [0, 0.05) is 37.7 Å². The molecule has 0 atom stereocenters. The van der Waals surface area contributed by atoms with Crippen molar-refractivity contribution in [2.45, 2.75) is 0 Å². The lowest BCUT2D eigenvalue weighted by Crippen LogP contribution is -2.47. The summed E-state index contributed by atoms with van der Waals surface area (Å²) < 4.78 is 19.5. The minimum absolute atomic E-state index is 0.127. The number of nitrogens with zero attached hydrogens (tertiary/aromatic N) is 3. The average Bonchev–Trinajstić information content (AvgIpc) is 2.64. The maximum atomic E-state index is 13.8. The molecular weight excluding hydrogens is 341 g/mol. The van der Waals surface area contributed by atoms with Crippen LogP contribution in [0.15, 0.2) is 42.5 Å². The SMILES string of the molecule is N#Cc1c(F)cccc1N1CCN(CCOc2ccc(Cl)cc2)CC1. The van der Waals surface area contributed by atoms with Gasteiger partial charge in [-0.2, -0.15) is 5.26 Å². The van der Waals surface area contributed by atoms with Gasteiger partial charge in [0.25, 0.3) is 0 Å². The zero-order valence-electron chi connectivity index (χ0n) is 13.8. The molecule has 3 rings (SSSR count). The number of anilines is 1. The molecule has 0 amide bonds. The molecule has 0 radical (unpaired) electrons. The van der Waals surface area contributed by atoms with Crippen LogP contribution in [0.3, 0.4) is 0 Å². The molecular formula is C19H19ClFN3O. The largest absolute Gasteiger partial charge is 0.492 e. The van der Waals surface area contributed by atoms with E-state index in [9.17, 15) is 9.65 Å². The van der Waals surface area contributed by atoms with Gasteiger partial charge in [0.2, 0.25) is 0 Å². The van der Waals surface area contributed by atoms with Crippen molar-refractivity contribution in [3.63, 3.8) is 0 Å². The maximum absolute atomic E-state index is 13.8. The number of hydrogen-bond donors (Lipinski definition) is 0. The van der Waals surface area contributed by atoms with Crippen molar-refractivity contribution in [1.29, 1.82) is 5.26 Å². The fraction of sp³-hybridized carbons (Fsp3) is 0.316. The van der Waals surface area contributed by atoms with Crippen LogP contribution < -0.4 is 9.64 Å². The van der Waals surface area contributed by atoms with Gasteiger partial charge in [-0.15, -0.1) is 0 Å². The lowest BCUT2D eigenvalue weighted by Gasteiger charge is -2.36. The second-order valence-electron chi connectivity index (χ2n) is 5.88. The molecule has 1 saturated heterocycles. The molecule has 1 aliphatic rings.